The first-order valence-corrected chi connectivity index (χ1v) is 11.6. The van der Waals surface area contributed by atoms with Gasteiger partial charge in [0.05, 0.1) is 42.6 Å². The molecule has 180 valence electrons. The quantitative estimate of drug-likeness (QED) is 0.430. The predicted octanol–water partition coefficient (Wildman–Crippen LogP) is 4.15. The molecule has 9 nitrogen and oxygen atoms in total. The van der Waals surface area contributed by atoms with E-state index in [9.17, 15) is 9.18 Å². The van der Waals surface area contributed by atoms with Crippen LogP contribution in [0.4, 0.5) is 9.52 Å². The Kier molecular flexibility index (Phi) is 7.88. The summed E-state index contributed by atoms with van der Waals surface area (Å²) in [5, 5.41) is 10.9. The van der Waals surface area contributed by atoms with E-state index in [0.717, 1.165) is 17.8 Å². The number of amides is 1. The first kappa shape index (κ1) is 24.3. The molecule has 0 saturated carbocycles. The molecule has 0 aliphatic carbocycles. The third kappa shape index (κ3) is 5.61. The van der Waals surface area contributed by atoms with Gasteiger partial charge in [0.1, 0.15) is 12.4 Å². The number of aryl methyl sites for hydroxylation is 1. The van der Waals surface area contributed by atoms with Crippen molar-refractivity contribution in [2.24, 2.45) is 0 Å². The molecule has 1 N–H and O–H groups in total. The highest BCUT2D eigenvalue weighted by atomic mass is 35.5. The molecular weight excluding hydrogens is 487 g/mol. The number of hydrogen-bond acceptors (Lipinski definition) is 9. The van der Waals surface area contributed by atoms with E-state index in [4.69, 9.17) is 30.5 Å². The van der Waals surface area contributed by atoms with Gasteiger partial charge < -0.3 is 18.9 Å². The molecule has 1 aliphatic heterocycles. The minimum absolute atomic E-state index is 0.0691. The van der Waals surface area contributed by atoms with Gasteiger partial charge in [0.15, 0.2) is 5.82 Å². The van der Waals surface area contributed by atoms with Gasteiger partial charge in [-0.1, -0.05) is 16.7 Å². The molecule has 3 aromatic rings. The maximum absolute atomic E-state index is 15.0. The van der Waals surface area contributed by atoms with E-state index in [0.29, 0.717) is 32.1 Å². The van der Waals surface area contributed by atoms with Crippen molar-refractivity contribution in [2.75, 3.05) is 38.9 Å². The van der Waals surface area contributed by atoms with Gasteiger partial charge in [0, 0.05) is 24.1 Å². The Labute approximate surface area is 204 Å². The molecule has 0 unspecified atom stereocenters. The van der Waals surface area contributed by atoms with Crippen molar-refractivity contribution in [1.82, 2.24) is 15.2 Å². The van der Waals surface area contributed by atoms with E-state index >= 15 is 0 Å². The maximum Gasteiger partial charge on any atom is 0.295 e. The lowest BCUT2D eigenvalue weighted by molar-refractivity contribution is 0.0264. The summed E-state index contributed by atoms with van der Waals surface area (Å²) >= 11 is 7.05. The molecule has 12 heteroatoms. The van der Waals surface area contributed by atoms with Crippen LogP contribution in [0.1, 0.15) is 22.5 Å². The molecule has 34 heavy (non-hydrogen) atoms. The van der Waals surface area contributed by atoms with E-state index in [1.165, 1.54) is 25.4 Å². The lowest BCUT2D eigenvalue weighted by Crippen LogP contribution is -2.16. The highest BCUT2D eigenvalue weighted by Gasteiger charge is 2.23. The van der Waals surface area contributed by atoms with E-state index in [-0.39, 0.29) is 43.9 Å². The van der Waals surface area contributed by atoms with Gasteiger partial charge >= 0.3 is 0 Å². The van der Waals surface area contributed by atoms with Crippen LogP contribution in [0, 0.1) is 12.7 Å². The van der Waals surface area contributed by atoms with Gasteiger partial charge in [-0.25, -0.2) is 4.39 Å². The Hall–Kier alpha value is -2.86. The number of benzene rings is 1. The number of carbonyl (C=O) groups excluding carboxylic acids is 1. The zero-order chi connectivity index (χ0) is 24.1. The third-order valence-electron chi connectivity index (χ3n) is 5.01. The standard InChI is InChI=1S/C22H22ClFN4O5S/c1-12-9-14(18-17(30-2)4-3-16(23)19(18)24)15(10-25-12)20(29)26-21-27-28-22(34-21)33-8-7-32-13-5-6-31-11-13/h3-4,9-10,13H,5-8,11H2,1-2H3,(H,26,27,29)/t13-/m0/s1. The topological polar surface area (TPSA) is 105 Å². The Morgan fingerprint density at radius 3 is 2.97 bits per heavy atom. The van der Waals surface area contributed by atoms with Crippen molar-refractivity contribution in [3.63, 3.8) is 0 Å². The number of carbonyl (C=O) groups is 1. The lowest BCUT2D eigenvalue weighted by Gasteiger charge is -2.14. The van der Waals surface area contributed by atoms with E-state index in [1.807, 2.05) is 0 Å². The molecule has 1 saturated heterocycles. The highest BCUT2D eigenvalue weighted by molar-refractivity contribution is 7.17. The number of halogens is 2. The molecule has 2 aromatic heterocycles. The fraction of sp³-hybridized carbons (Fsp3) is 0.364. The van der Waals surface area contributed by atoms with Crippen LogP contribution in [0.3, 0.4) is 0 Å². The number of hydrogen-bond donors (Lipinski definition) is 1. The number of nitrogens with zero attached hydrogens (tertiary/aromatic N) is 3. The minimum Gasteiger partial charge on any atom is -0.496 e. The largest absolute Gasteiger partial charge is 0.496 e. The number of ether oxygens (including phenoxy) is 4. The molecule has 1 aliphatic rings. The second-order valence-corrected chi connectivity index (χ2v) is 8.69. The molecule has 1 amide bonds. The monoisotopic (exact) mass is 508 g/mol. The number of aromatic nitrogens is 3. The Morgan fingerprint density at radius 1 is 1.35 bits per heavy atom. The summed E-state index contributed by atoms with van der Waals surface area (Å²) in [7, 11) is 1.41. The second-order valence-electron chi connectivity index (χ2n) is 7.34. The average Bonchev–Trinajstić information content (AvgIpc) is 3.50. The first-order chi connectivity index (χ1) is 16.5. The van der Waals surface area contributed by atoms with Gasteiger partial charge in [-0.3, -0.25) is 15.1 Å². The SMILES string of the molecule is COc1ccc(Cl)c(F)c1-c1cc(C)ncc1C(=O)Nc1nnc(OCCO[C@H]2CCOC2)s1. The Bertz CT molecular complexity index is 1170. The van der Waals surface area contributed by atoms with Crippen LogP contribution >= 0.6 is 22.9 Å². The van der Waals surface area contributed by atoms with Crippen LogP contribution < -0.4 is 14.8 Å². The van der Waals surface area contributed by atoms with Crippen molar-refractivity contribution in [2.45, 2.75) is 19.4 Å². The normalized spacial score (nSPS) is 15.4. The van der Waals surface area contributed by atoms with Crippen LogP contribution in [0.15, 0.2) is 24.4 Å². The summed E-state index contributed by atoms with van der Waals surface area (Å²) < 4.78 is 36.7. The zero-order valence-corrected chi connectivity index (χ0v) is 20.0. The van der Waals surface area contributed by atoms with Crippen molar-refractivity contribution >= 4 is 34.0 Å². The second kappa shape index (κ2) is 11.0. The Balaban J connectivity index is 1.47. The molecule has 1 atom stereocenters. The van der Waals surface area contributed by atoms with Crippen LogP contribution in [-0.4, -0.2) is 60.7 Å². The average molecular weight is 509 g/mol. The number of methoxy groups -OCH3 is 1. The van der Waals surface area contributed by atoms with E-state index in [1.54, 1.807) is 13.0 Å². The lowest BCUT2D eigenvalue weighted by atomic mass is 9.98. The fourth-order valence-electron chi connectivity index (χ4n) is 3.37. The fourth-order valence-corrected chi connectivity index (χ4v) is 4.14. The van der Waals surface area contributed by atoms with Crippen LogP contribution in [-0.2, 0) is 9.47 Å². The third-order valence-corrected chi connectivity index (χ3v) is 6.05. The summed E-state index contributed by atoms with van der Waals surface area (Å²) in [6.07, 6.45) is 2.33. The van der Waals surface area contributed by atoms with E-state index in [2.05, 4.69) is 20.5 Å². The van der Waals surface area contributed by atoms with E-state index < -0.39 is 11.7 Å². The van der Waals surface area contributed by atoms with Crippen molar-refractivity contribution in [3.8, 4) is 22.1 Å². The first-order valence-electron chi connectivity index (χ1n) is 10.4. The van der Waals surface area contributed by atoms with Crippen molar-refractivity contribution in [1.29, 1.82) is 0 Å². The molecule has 1 aromatic carbocycles. The summed E-state index contributed by atoms with van der Waals surface area (Å²) in [4.78, 5) is 17.2. The van der Waals surface area contributed by atoms with Crippen molar-refractivity contribution in [3.05, 3.63) is 46.5 Å². The van der Waals surface area contributed by atoms with Gasteiger partial charge in [0.25, 0.3) is 11.1 Å². The van der Waals surface area contributed by atoms with Gasteiger partial charge in [-0.15, -0.1) is 5.10 Å². The molecule has 4 rings (SSSR count). The summed E-state index contributed by atoms with van der Waals surface area (Å²) in [5.41, 5.74) is 1.07. The van der Waals surface area contributed by atoms with Crippen molar-refractivity contribution < 1.29 is 28.1 Å². The summed E-state index contributed by atoms with van der Waals surface area (Å²) in [6.45, 7) is 3.72. The number of pyridine rings is 1. The molecular formula is C22H22ClFN4O5S. The Morgan fingerprint density at radius 2 is 2.21 bits per heavy atom. The number of rotatable bonds is 9. The predicted molar refractivity (Wildman–Crippen MR) is 124 cm³/mol. The zero-order valence-electron chi connectivity index (χ0n) is 18.5. The van der Waals surface area contributed by atoms with Crippen LogP contribution in [0.25, 0.3) is 11.1 Å². The van der Waals surface area contributed by atoms with Gasteiger partial charge in [0.2, 0.25) is 5.13 Å². The highest BCUT2D eigenvalue weighted by Crippen LogP contribution is 2.38. The smallest absolute Gasteiger partial charge is 0.295 e. The molecule has 0 spiro atoms. The van der Waals surface area contributed by atoms with Crippen LogP contribution in [0.2, 0.25) is 5.02 Å². The minimum atomic E-state index is -0.696. The van der Waals surface area contributed by atoms with Gasteiger partial charge in [-0.2, -0.15) is 0 Å². The molecule has 0 bridgehead atoms. The molecule has 1 fully saturated rings. The molecule has 3 heterocycles. The number of anilines is 1. The summed E-state index contributed by atoms with van der Waals surface area (Å²) in [5.74, 6) is -1.01. The van der Waals surface area contributed by atoms with Crippen LogP contribution in [0.5, 0.6) is 10.9 Å². The molecule has 0 radical (unpaired) electrons. The van der Waals surface area contributed by atoms with Gasteiger partial charge in [-0.05, 0) is 42.9 Å². The summed E-state index contributed by atoms with van der Waals surface area (Å²) in [6, 6.07) is 4.52. The maximum atomic E-state index is 15.0. The number of nitrogens with one attached hydrogen (secondary N) is 1.